The highest BCUT2D eigenvalue weighted by molar-refractivity contribution is 7.90. The Labute approximate surface area is 143 Å². The van der Waals surface area contributed by atoms with Crippen molar-refractivity contribution in [2.45, 2.75) is 63.7 Å². The largest absolute Gasteiger partial charge is 0.369 e. The van der Waals surface area contributed by atoms with Gasteiger partial charge < -0.3 is 5.73 Å². The molecule has 7 heteroatoms. The van der Waals surface area contributed by atoms with Crippen molar-refractivity contribution in [3.05, 3.63) is 29.3 Å². The highest BCUT2D eigenvalue weighted by Crippen LogP contribution is 2.16. The lowest BCUT2D eigenvalue weighted by Crippen LogP contribution is -2.30. The average Bonchev–Trinajstić information content (AvgIpc) is 2.48. The molecule has 0 aromatic heterocycles. The maximum absolute atomic E-state index is 12.2. The van der Waals surface area contributed by atoms with Gasteiger partial charge in [-0.2, -0.15) is 0 Å². The van der Waals surface area contributed by atoms with E-state index in [1.54, 1.807) is 13.0 Å². The first-order chi connectivity index (χ1) is 11.3. The molecule has 0 fully saturated rings. The SMILES string of the molecule is CCCCCCCC(=O)NS(=O)(=O)c1ccc(CC(N)=O)c(C)c1. The maximum Gasteiger partial charge on any atom is 0.264 e. The molecular weight excluding hydrogens is 328 g/mol. The van der Waals surface area contributed by atoms with Crippen LogP contribution in [0, 0.1) is 6.92 Å². The fourth-order valence-corrected chi connectivity index (χ4v) is 3.47. The average molecular weight is 354 g/mol. The lowest BCUT2D eigenvalue weighted by Gasteiger charge is -2.10. The minimum atomic E-state index is -3.89. The quantitative estimate of drug-likeness (QED) is 0.628. The Morgan fingerprint density at radius 3 is 2.38 bits per heavy atom. The van der Waals surface area contributed by atoms with Crippen molar-refractivity contribution in [3.63, 3.8) is 0 Å². The standard InChI is InChI=1S/C17H26N2O4S/c1-3-4-5-6-7-8-17(21)19-24(22,23)15-10-9-14(12-16(18)20)13(2)11-15/h9-11H,3-8,12H2,1-2H3,(H2,18,20)(H,19,21). The number of aryl methyl sites for hydroxylation is 1. The number of rotatable bonds is 10. The van der Waals surface area contributed by atoms with Gasteiger partial charge in [-0.1, -0.05) is 38.7 Å². The topological polar surface area (TPSA) is 106 Å². The number of sulfonamides is 1. The molecule has 0 saturated carbocycles. The molecular formula is C17H26N2O4S. The Balaban J connectivity index is 2.66. The molecule has 1 aromatic rings. The molecule has 24 heavy (non-hydrogen) atoms. The van der Waals surface area contributed by atoms with Crippen LogP contribution in [0.15, 0.2) is 23.1 Å². The third kappa shape index (κ3) is 6.70. The predicted octanol–water partition coefficient (Wildman–Crippen LogP) is 2.19. The van der Waals surface area contributed by atoms with Gasteiger partial charge in [0.15, 0.2) is 0 Å². The van der Waals surface area contributed by atoms with Gasteiger partial charge in [0.2, 0.25) is 11.8 Å². The maximum atomic E-state index is 12.2. The normalized spacial score (nSPS) is 11.2. The van der Waals surface area contributed by atoms with Crippen LogP contribution in [0.4, 0.5) is 0 Å². The Hall–Kier alpha value is -1.89. The van der Waals surface area contributed by atoms with Gasteiger partial charge in [-0.15, -0.1) is 0 Å². The molecule has 0 bridgehead atoms. The predicted molar refractivity (Wildman–Crippen MR) is 92.8 cm³/mol. The van der Waals surface area contributed by atoms with Crippen LogP contribution >= 0.6 is 0 Å². The van der Waals surface area contributed by atoms with Crippen LogP contribution in [-0.2, 0) is 26.0 Å². The molecule has 1 aromatic carbocycles. The number of carbonyl (C=O) groups excluding carboxylic acids is 2. The van der Waals surface area contributed by atoms with Crippen LogP contribution in [0.2, 0.25) is 0 Å². The molecule has 0 heterocycles. The summed E-state index contributed by atoms with van der Waals surface area (Å²) in [6, 6.07) is 4.36. The van der Waals surface area contributed by atoms with Crippen LogP contribution in [0.1, 0.15) is 56.6 Å². The fraction of sp³-hybridized carbons (Fsp3) is 0.529. The van der Waals surface area contributed by atoms with E-state index in [0.717, 1.165) is 25.7 Å². The highest BCUT2D eigenvalue weighted by atomic mass is 32.2. The lowest BCUT2D eigenvalue weighted by molar-refractivity contribution is -0.119. The zero-order valence-corrected chi connectivity index (χ0v) is 15.1. The summed E-state index contributed by atoms with van der Waals surface area (Å²) in [5.41, 5.74) is 6.46. The van der Waals surface area contributed by atoms with E-state index in [0.29, 0.717) is 17.5 Å². The van der Waals surface area contributed by atoms with Gasteiger partial charge in [0.25, 0.3) is 10.0 Å². The van der Waals surface area contributed by atoms with E-state index in [1.807, 2.05) is 0 Å². The zero-order chi connectivity index (χ0) is 18.2. The first-order valence-electron chi connectivity index (χ1n) is 8.19. The van der Waals surface area contributed by atoms with E-state index >= 15 is 0 Å². The van der Waals surface area contributed by atoms with Crippen molar-refractivity contribution in [2.75, 3.05) is 0 Å². The number of hydrogen-bond acceptors (Lipinski definition) is 4. The summed E-state index contributed by atoms with van der Waals surface area (Å²) in [6.45, 7) is 3.81. The van der Waals surface area contributed by atoms with E-state index in [4.69, 9.17) is 5.73 Å². The Kier molecular flexibility index (Phi) is 7.91. The minimum Gasteiger partial charge on any atom is -0.369 e. The van der Waals surface area contributed by atoms with Gasteiger partial charge in [-0.05, 0) is 36.6 Å². The summed E-state index contributed by atoms with van der Waals surface area (Å²) >= 11 is 0. The van der Waals surface area contributed by atoms with Crippen molar-refractivity contribution in [1.29, 1.82) is 0 Å². The molecule has 134 valence electrons. The van der Waals surface area contributed by atoms with E-state index in [2.05, 4.69) is 11.6 Å². The van der Waals surface area contributed by atoms with Gasteiger partial charge in [0.1, 0.15) is 0 Å². The summed E-state index contributed by atoms with van der Waals surface area (Å²) in [5, 5.41) is 0. The molecule has 1 rings (SSSR count). The minimum absolute atomic E-state index is 0.00699. The zero-order valence-electron chi connectivity index (χ0n) is 14.3. The summed E-state index contributed by atoms with van der Waals surface area (Å²) < 4.78 is 26.6. The third-order valence-electron chi connectivity index (χ3n) is 3.74. The molecule has 0 aliphatic carbocycles. The number of carbonyl (C=O) groups is 2. The molecule has 0 radical (unpaired) electrons. The smallest absolute Gasteiger partial charge is 0.264 e. The van der Waals surface area contributed by atoms with Crippen molar-refractivity contribution in [1.82, 2.24) is 4.72 Å². The van der Waals surface area contributed by atoms with Gasteiger partial charge in [0.05, 0.1) is 11.3 Å². The van der Waals surface area contributed by atoms with Crippen molar-refractivity contribution in [3.8, 4) is 0 Å². The Morgan fingerprint density at radius 2 is 1.79 bits per heavy atom. The number of amides is 2. The Morgan fingerprint density at radius 1 is 1.12 bits per heavy atom. The monoisotopic (exact) mass is 354 g/mol. The van der Waals surface area contributed by atoms with Crippen LogP contribution < -0.4 is 10.5 Å². The van der Waals surface area contributed by atoms with E-state index in [1.165, 1.54) is 12.1 Å². The number of unbranched alkanes of at least 4 members (excludes halogenated alkanes) is 4. The Bertz CT molecular complexity index is 684. The fourth-order valence-electron chi connectivity index (χ4n) is 2.37. The molecule has 0 saturated heterocycles. The van der Waals surface area contributed by atoms with Crippen molar-refractivity contribution in [2.24, 2.45) is 5.73 Å². The van der Waals surface area contributed by atoms with E-state index in [9.17, 15) is 18.0 Å². The van der Waals surface area contributed by atoms with Gasteiger partial charge in [0, 0.05) is 6.42 Å². The number of nitrogens with two attached hydrogens (primary N) is 1. The number of hydrogen-bond donors (Lipinski definition) is 2. The molecule has 0 unspecified atom stereocenters. The van der Waals surface area contributed by atoms with Crippen LogP contribution in [0.5, 0.6) is 0 Å². The van der Waals surface area contributed by atoms with Crippen LogP contribution in [-0.4, -0.2) is 20.2 Å². The third-order valence-corrected chi connectivity index (χ3v) is 5.12. The second-order valence-corrected chi connectivity index (χ2v) is 7.61. The summed E-state index contributed by atoms with van der Waals surface area (Å²) in [5.74, 6) is -0.976. The van der Waals surface area contributed by atoms with E-state index < -0.39 is 21.8 Å². The van der Waals surface area contributed by atoms with Crippen LogP contribution in [0.25, 0.3) is 0 Å². The van der Waals surface area contributed by atoms with Crippen molar-refractivity contribution < 1.29 is 18.0 Å². The summed E-state index contributed by atoms with van der Waals surface area (Å²) in [4.78, 5) is 22.8. The molecule has 0 aliphatic heterocycles. The second kappa shape index (κ2) is 9.42. The first-order valence-corrected chi connectivity index (χ1v) is 9.68. The number of benzene rings is 1. The van der Waals surface area contributed by atoms with Gasteiger partial charge in [-0.25, -0.2) is 13.1 Å². The van der Waals surface area contributed by atoms with Gasteiger partial charge >= 0.3 is 0 Å². The molecule has 0 spiro atoms. The lowest BCUT2D eigenvalue weighted by atomic mass is 10.1. The molecule has 3 N–H and O–H groups in total. The molecule has 0 aliphatic rings. The summed E-state index contributed by atoms with van der Waals surface area (Å²) in [6.07, 6.45) is 5.14. The second-order valence-electron chi connectivity index (χ2n) is 5.92. The molecule has 0 atom stereocenters. The van der Waals surface area contributed by atoms with E-state index in [-0.39, 0.29) is 17.7 Å². The van der Waals surface area contributed by atoms with Gasteiger partial charge in [-0.3, -0.25) is 9.59 Å². The number of primary amides is 1. The first kappa shape index (κ1) is 20.2. The van der Waals surface area contributed by atoms with Crippen molar-refractivity contribution >= 4 is 21.8 Å². The van der Waals surface area contributed by atoms with Crippen LogP contribution in [0.3, 0.4) is 0 Å². The molecule has 6 nitrogen and oxygen atoms in total. The number of nitrogens with one attached hydrogen (secondary N) is 1. The highest BCUT2D eigenvalue weighted by Gasteiger charge is 2.18. The summed E-state index contributed by atoms with van der Waals surface area (Å²) in [7, 11) is -3.89. The molecule has 2 amide bonds.